The maximum atomic E-state index is 11.4. The van der Waals surface area contributed by atoms with Crippen molar-refractivity contribution in [2.75, 3.05) is 6.54 Å². The van der Waals surface area contributed by atoms with Gasteiger partial charge in [-0.2, -0.15) is 0 Å². The van der Waals surface area contributed by atoms with Gasteiger partial charge in [-0.25, -0.2) is 4.79 Å². The third kappa shape index (κ3) is 5.42. The van der Waals surface area contributed by atoms with Crippen molar-refractivity contribution in [3.63, 3.8) is 0 Å². The summed E-state index contributed by atoms with van der Waals surface area (Å²) in [5, 5.41) is 12.1. The highest BCUT2D eigenvalue weighted by molar-refractivity contribution is 5.79. The van der Waals surface area contributed by atoms with E-state index in [1.807, 2.05) is 0 Å². The van der Waals surface area contributed by atoms with Crippen molar-refractivity contribution in [2.45, 2.75) is 32.8 Å². The monoisotopic (exact) mass is 265 g/mol. The summed E-state index contributed by atoms with van der Waals surface area (Å²) in [5.41, 5.74) is 0.566. The lowest BCUT2D eigenvalue weighted by Crippen LogP contribution is -2.33. The smallest absolute Gasteiger partial charge is 0.407 e. The number of hydrogen-bond acceptors (Lipinski definition) is 4. The first-order chi connectivity index (χ1) is 8.81. The molecule has 0 fully saturated rings. The fourth-order valence-corrected chi connectivity index (χ4v) is 1.47. The molecule has 1 aromatic carbocycles. The van der Waals surface area contributed by atoms with Crippen LogP contribution in [0.4, 0.5) is 4.79 Å². The number of carbonyl (C=O) groups is 2. The summed E-state index contributed by atoms with van der Waals surface area (Å²) < 4.78 is 5.09. The Morgan fingerprint density at radius 2 is 2.11 bits per heavy atom. The Morgan fingerprint density at radius 3 is 2.63 bits per heavy atom. The van der Waals surface area contributed by atoms with E-state index in [9.17, 15) is 14.7 Å². The van der Waals surface area contributed by atoms with Gasteiger partial charge in [-0.1, -0.05) is 6.07 Å². The molecule has 0 atom stereocenters. The Hall–Kier alpha value is -2.04. The molecule has 0 saturated heterocycles. The molecule has 19 heavy (non-hydrogen) atoms. The second kappa shape index (κ2) is 6.22. The number of ether oxygens (including phenoxy) is 1. The second-order valence-electron chi connectivity index (χ2n) is 5.19. The van der Waals surface area contributed by atoms with Crippen LogP contribution in [-0.4, -0.2) is 29.6 Å². The highest BCUT2D eigenvalue weighted by Crippen LogP contribution is 2.17. The van der Waals surface area contributed by atoms with E-state index < -0.39 is 11.7 Å². The Morgan fingerprint density at radius 1 is 1.42 bits per heavy atom. The number of phenols is 1. The van der Waals surface area contributed by atoms with E-state index in [0.29, 0.717) is 19.3 Å². The third-order valence-corrected chi connectivity index (χ3v) is 2.30. The van der Waals surface area contributed by atoms with Gasteiger partial charge in [0, 0.05) is 6.54 Å². The van der Waals surface area contributed by atoms with Crippen LogP contribution >= 0.6 is 0 Å². The number of amides is 1. The number of rotatable bonds is 4. The first-order valence-electron chi connectivity index (χ1n) is 6.06. The van der Waals surface area contributed by atoms with Crippen LogP contribution in [0, 0.1) is 0 Å². The number of phenolic OH excluding ortho intramolecular Hbond substituents is 1. The molecule has 0 aromatic heterocycles. The largest absolute Gasteiger partial charge is 0.507 e. The van der Waals surface area contributed by atoms with Crippen molar-refractivity contribution >= 4 is 12.4 Å². The molecule has 5 nitrogen and oxygen atoms in total. The summed E-state index contributed by atoms with van der Waals surface area (Å²) in [7, 11) is 0. The van der Waals surface area contributed by atoms with Gasteiger partial charge in [0.15, 0.2) is 6.29 Å². The van der Waals surface area contributed by atoms with Crippen LogP contribution in [0.25, 0.3) is 0 Å². The van der Waals surface area contributed by atoms with Crippen molar-refractivity contribution in [3.05, 3.63) is 29.3 Å². The first-order valence-corrected chi connectivity index (χ1v) is 6.06. The van der Waals surface area contributed by atoms with Gasteiger partial charge in [-0.15, -0.1) is 0 Å². The Labute approximate surface area is 112 Å². The average molecular weight is 265 g/mol. The number of hydrogen-bond donors (Lipinski definition) is 2. The molecule has 0 unspecified atom stereocenters. The number of nitrogens with one attached hydrogen (secondary N) is 1. The van der Waals surface area contributed by atoms with E-state index in [2.05, 4.69) is 5.32 Å². The molecule has 0 aliphatic rings. The zero-order valence-electron chi connectivity index (χ0n) is 11.4. The molecule has 0 bridgehead atoms. The van der Waals surface area contributed by atoms with Crippen LogP contribution < -0.4 is 5.32 Å². The molecule has 0 saturated carbocycles. The maximum absolute atomic E-state index is 11.4. The number of benzene rings is 1. The van der Waals surface area contributed by atoms with Gasteiger partial charge in [-0.05, 0) is 44.9 Å². The lowest BCUT2D eigenvalue weighted by molar-refractivity contribution is 0.0528. The summed E-state index contributed by atoms with van der Waals surface area (Å²) in [6, 6.07) is 4.80. The van der Waals surface area contributed by atoms with E-state index in [4.69, 9.17) is 4.74 Å². The highest BCUT2D eigenvalue weighted by Gasteiger charge is 2.15. The summed E-state index contributed by atoms with van der Waals surface area (Å²) >= 11 is 0. The molecule has 2 N–H and O–H groups in total. The second-order valence-corrected chi connectivity index (χ2v) is 5.19. The predicted octanol–water partition coefficient (Wildman–Crippen LogP) is 2.27. The molecule has 1 rings (SSSR count). The topological polar surface area (TPSA) is 75.6 Å². The fraction of sp³-hybridized carbons (Fsp3) is 0.429. The van der Waals surface area contributed by atoms with Crippen molar-refractivity contribution < 1.29 is 19.4 Å². The van der Waals surface area contributed by atoms with Gasteiger partial charge >= 0.3 is 6.09 Å². The lowest BCUT2D eigenvalue weighted by atomic mass is 10.1. The van der Waals surface area contributed by atoms with Gasteiger partial charge < -0.3 is 15.2 Å². The normalized spacial score (nSPS) is 10.9. The quantitative estimate of drug-likeness (QED) is 0.819. The van der Waals surface area contributed by atoms with Gasteiger partial charge in [0.25, 0.3) is 0 Å². The molecule has 1 aromatic rings. The van der Waals surface area contributed by atoms with E-state index in [0.717, 1.165) is 5.56 Å². The van der Waals surface area contributed by atoms with Crippen molar-refractivity contribution in [1.82, 2.24) is 5.32 Å². The maximum Gasteiger partial charge on any atom is 0.407 e. The molecule has 0 heterocycles. The number of aromatic hydroxyl groups is 1. The van der Waals surface area contributed by atoms with Gasteiger partial charge in [-0.3, -0.25) is 4.79 Å². The molecule has 5 heteroatoms. The fourth-order valence-electron chi connectivity index (χ4n) is 1.47. The van der Waals surface area contributed by atoms with Gasteiger partial charge in [0.1, 0.15) is 11.4 Å². The SMILES string of the molecule is CC(C)(C)OC(=O)NCCc1ccc(C=O)c(O)c1. The zero-order valence-corrected chi connectivity index (χ0v) is 11.4. The van der Waals surface area contributed by atoms with Crippen molar-refractivity contribution in [1.29, 1.82) is 0 Å². The summed E-state index contributed by atoms with van der Waals surface area (Å²) in [6.45, 7) is 5.78. The van der Waals surface area contributed by atoms with Gasteiger partial charge in [0.2, 0.25) is 0 Å². The summed E-state index contributed by atoms with van der Waals surface area (Å²) in [4.78, 5) is 21.9. The Balaban J connectivity index is 2.43. The Kier molecular flexibility index (Phi) is 4.92. The van der Waals surface area contributed by atoms with Crippen molar-refractivity contribution in [2.24, 2.45) is 0 Å². The number of aldehydes is 1. The van der Waals surface area contributed by atoms with E-state index in [-0.39, 0.29) is 11.3 Å². The molecule has 1 amide bonds. The first kappa shape index (κ1) is 15.0. The van der Waals surface area contributed by atoms with Crippen LogP contribution in [0.5, 0.6) is 5.75 Å². The minimum absolute atomic E-state index is 0.0511. The molecular formula is C14H19NO4. The molecular weight excluding hydrogens is 246 g/mol. The highest BCUT2D eigenvalue weighted by atomic mass is 16.6. The van der Waals surface area contributed by atoms with Crippen LogP contribution in [0.3, 0.4) is 0 Å². The third-order valence-electron chi connectivity index (χ3n) is 2.30. The standard InChI is InChI=1S/C14H19NO4/c1-14(2,3)19-13(18)15-7-6-10-4-5-11(9-16)12(17)8-10/h4-5,8-9,17H,6-7H2,1-3H3,(H,15,18). The number of alkyl carbamates (subject to hydrolysis) is 1. The van der Waals surface area contributed by atoms with Crippen LogP contribution in [0.1, 0.15) is 36.7 Å². The van der Waals surface area contributed by atoms with Crippen LogP contribution in [0.15, 0.2) is 18.2 Å². The Bertz CT molecular complexity index is 463. The van der Waals surface area contributed by atoms with E-state index in [1.165, 1.54) is 6.07 Å². The summed E-state index contributed by atoms with van der Waals surface area (Å²) in [5.74, 6) is -0.0511. The van der Waals surface area contributed by atoms with Crippen molar-refractivity contribution in [3.8, 4) is 5.75 Å². The predicted molar refractivity (Wildman–Crippen MR) is 71.4 cm³/mol. The molecule has 0 spiro atoms. The summed E-state index contributed by atoms with van der Waals surface area (Å²) in [6.07, 6.45) is 0.672. The lowest BCUT2D eigenvalue weighted by Gasteiger charge is -2.19. The van der Waals surface area contributed by atoms with E-state index in [1.54, 1.807) is 32.9 Å². The molecule has 0 aliphatic heterocycles. The molecule has 0 radical (unpaired) electrons. The van der Waals surface area contributed by atoms with Crippen LogP contribution in [0.2, 0.25) is 0 Å². The molecule has 0 aliphatic carbocycles. The van der Waals surface area contributed by atoms with Gasteiger partial charge in [0.05, 0.1) is 5.56 Å². The number of carbonyl (C=O) groups excluding carboxylic acids is 2. The minimum Gasteiger partial charge on any atom is -0.507 e. The van der Waals surface area contributed by atoms with Crippen LogP contribution in [-0.2, 0) is 11.2 Å². The van der Waals surface area contributed by atoms with E-state index >= 15 is 0 Å². The molecule has 104 valence electrons. The average Bonchev–Trinajstić information content (AvgIpc) is 2.26. The minimum atomic E-state index is -0.520. The zero-order chi connectivity index (χ0) is 14.5.